The van der Waals surface area contributed by atoms with E-state index >= 15 is 0 Å². The summed E-state index contributed by atoms with van der Waals surface area (Å²) in [7, 11) is 0. The maximum atomic E-state index is 12.9. The van der Waals surface area contributed by atoms with Crippen LogP contribution in [0.15, 0.2) is 40.2 Å². The van der Waals surface area contributed by atoms with Crippen LogP contribution in [-0.4, -0.2) is 18.7 Å². The van der Waals surface area contributed by atoms with E-state index in [0.29, 0.717) is 12.5 Å². The third-order valence-electron chi connectivity index (χ3n) is 5.57. The first-order valence-corrected chi connectivity index (χ1v) is 9.33. The fourth-order valence-electron chi connectivity index (χ4n) is 3.82. The predicted molar refractivity (Wildman–Crippen MR) is 101 cm³/mol. The Morgan fingerprint density at radius 3 is 2.54 bits per heavy atom. The van der Waals surface area contributed by atoms with Gasteiger partial charge < -0.3 is 0 Å². The first kappa shape index (κ1) is 16.8. The normalized spacial score (nSPS) is 15.6. The third kappa shape index (κ3) is 2.89. The molecule has 0 bridgehead atoms. The number of rotatable bonds is 3. The molecule has 6 heteroatoms. The molecule has 0 atom stereocenters. The molecule has 2 aromatic heterocycles. The van der Waals surface area contributed by atoms with Crippen LogP contribution in [0, 0.1) is 19.8 Å². The van der Waals surface area contributed by atoms with Gasteiger partial charge in [-0.25, -0.2) is 13.9 Å². The van der Waals surface area contributed by atoms with Gasteiger partial charge in [-0.1, -0.05) is 25.3 Å². The number of aromatic nitrogens is 4. The van der Waals surface area contributed by atoms with Crippen LogP contribution in [0.25, 0.3) is 11.3 Å². The second kappa shape index (κ2) is 6.59. The molecule has 4 rings (SSSR count). The molecule has 136 valence electrons. The van der Waals surface area contributed by atoms with Gasteiger partial charge in [0, 0.05) is 24.6 Å². The summed E-state index contributed by atoms with van der Waals surface area (Å²) in [5.41, 5.74) is 2.77. The molecule has 26 heavy (non-hydrogen) atoms. The molecular weight excluding hydrogens is 328 g/mol. The second-order valence-corrected chi connectivity index (χ2v) is 7.40. The smallest absolute Gasteiger partial charge is 0.280 e. The number of aryl methyl sites for hydroxylation is 2. The summed E-state index contributed by atoms with van der Waals surface area (Å²) in [6.45, 7) is 4.66. The lowest BCUT2D eigenvalue weighted by atomic mass is 9.89. The summed E-state index contributed by atoms with van der Waals surface area (Å²) < 4.78 is 4.39. The molecule has 0 N–H and O–H groups in total. The Hall–Kier alpha value is -2.63. The van der Waals surface area contributed by atoms with E-state index in [0.717, 1.165) is 24.1 Å². The van der Waals surface area contributed by atoms with Crippen LogP contribution in [0.1, 0.15) is 43.2 Å². The molecule has 0 spiro atoms. The van der Waals surface area contributed by atoms with Gasteiger partial charge in [-0.05, 0) is 55.9 Å². The number of fused-ring (bicyclic) bond motifs is 1. The standard InChI is InChI=1S/C20H24N4O2/c1-14-8-9-17(12-15(14)2)22-10-11-23-18(19(22)25)21-24(20(23)26)13-16-6-4-3-5-7-16/h8-12,16H,3-7,13H2,1-2H3. The van der Waals surface area contributed by atoms with E-state index in [1.165, 1.54) is 33.9 Å². The monoisotopic (exact) mass is 352 g/mol. The van der Waals surface area contributed by atoms with Crippen molar-refractivity contribution in [2.45, 2.75) is 52.5 Å². The minimum Gasteiger partial charge on any atom is -0.280 e. The molecule has 1 saturated carbocycles. The Bertz CT molecular complexity index is 1070. The zero-order chi connectivity index (χ0) is 18.3. The van der Waals surface area contributed by atoms with Gasteiger partial charge in [0.05, 0.1) is 0 Å². The van der Waals surface area contributed by atoms with Gasteiger partial charge in [0.15, 0.2) is 0 Å². The molecule has 0 saturated heterocycles. The maximum Gasteiger partial charge on any atom is 0.350 e. The molecule has 3 aromatic rings. The molecule has 0 radical (unpaired) electrons. The molecule has 1 aliphatic rings. The summed E-state index contributed by atoms with van der Waals surface area (Å²) in [5, 5.41) is 4.37. The van der Waals surface area contributed by atoms with Gasteiger partial charge in [0.25, 0.3) is 0 Å². The van der Waals surface area contributed by atoms with Gasteiger partial charge in [0.2, 0.25) is 5.65 Å². The average molecular weight is 352 g/mol. The molecule has 2 heterocycles. The van der Waals surface area contributed by atoms with Gasteiger partial charge in [-0.3, -0.25) is 9.36 Å². The van der Waals surface area contributed by atoms with Crippen molar-refractivity contribution in [1.29, 1.82) is 0 Å². The highest BCUT2D eigenvalue weighted by Gasteiger charge is 2.18. The van der Waals surface area contributed by atoms with Crippen molar-refractivity contribution in [3.63, 3.8) is 0 Å². The van der Waals surface area contributed by atoms with Crippen LogP contribution in [0.5, 0.6) is 0 Å². The van der Waals surface area contributed by atoms with Crippen molar-refractivity contribution in [1.82, 2.24) is 18.7 Å². The summed E-state index contributed by atoms with van der Waals surface area (Å²) in [5.74, 6) is 0.480. The van der Waals surface area contributed by atoms with Crippen LogP contribution >= 0.6 is 0 Å². The molecule has 1 aliphatic carbocycles. The summed E-state index contributed by atoms with van der Waals surface area (Å²) in [6.07, 6.45) is 9.25. The van der Waals surface area contributed by atoms with Gasteiger partial charge in [-0.2, -0.15) is 0 Å². The van der Waals surface area contributed by atoms with E-state index < -0.39 is 0 Å². The molecular formula is C20H24N4O2. The van der Waals surface area contributed by atoms with E-state index in [2.05, 4.69) is 5.10 Å². The number of nitrogens with zero attached hydrogens (tertiary/aromatic N) is 4. The topological polar surface area (TPSA) is 61.3 Å². The first-order chi connectivity index (χ1) is 12.5. The molecule has 0 unspecified atom stereocenters. The minimum absolute atomic E-state index is 0.187. The fourth-order valence-corrected chi connectivity index (χ4v) is 3.82. The average Bonchev–Trinajstić information content (AvgIpc) is 2.96. The number of hydrogen-bond acceptors (Lipinski definition) is 3. The number of hydrogen-bond donors (Lipinski definition) is 0. The Morgan fingerprint density at radius 2 is 1.81 bits per heavy atom. The van der Waals surface area contributed by atoms with Crippen LogP contribution in [0.3, 0.4) is 0 Å². The fraction of sp³-hybridized carbons (Fsp3) is 0.450. The van der Waals surface area contributed by atoms with Gasteiger partial charge in [0.1, 0.15) is 0 Å². The Morgan fingerprint density at radius 1 is 1.04 bits per heavy atom. The zero-order valence-electron chi connectivity index (χ0n) is 15.3. The van der Waals surface area contributed by atoms with Crippen LogP contribution in [0.4, 0.5) is 0 Å². The van der Waals surface area contributed by atoms with Crippen LogP contribution in [-0.2, 0) is 6.54 Å². The van der Waals surface area contributed by atoms with Gasteiger partial charge in [-0.15, -0.1) is 5.10 Å². The van der Waals surface area contributed by atoms with E-state index in [1.54, 1.807) is 17.0 Å². The summed E-state index contributed by atoms with van der Waals surface area (Å²) in [6, 6.07) is 5.89. The predicted octanol–water partition coefficient (Wildman–Crippen LogP) is 2.84. The van der Waals surface area contributed by atoms with E-state index in [1.807, 2.05) is 32.0 Å². The Balaban J connectivity index is 1.76. The number of benzene rings is 1. The highest BCUT2D eigenvalue weighted by molar-refractivity contribution is 5.43. The molecule has 0 aliphatic heterocycles. The lowest BCUT2D eigenvalue weighted by Gasteiger charge is -2.20. The van der Waals surface area contributed by atoms with Crippen molar-refractivity contribution >= 4 is 5.65 Å². The lowest BCUT2D eigenvalue weighted by molar-refractivity contribution is 0.304. The van der Waals surface area contributed by atoms with E-state index in [4.69, 9.17) is 0 Å². The summed E-state index contributed by atoms with van der Waals surface area (Å²) in [4.78, 5) is 25.5. The highest BCUT2D eigenvalue weighted by Crippen LogP contribution is 2.24. The first-order valence-electron chi connectivity index (χ1n) is 9.33. The third-order valence-corrected chi connectivity index (χ3v) is 5.57. The Labute approximate surface area is 151 Å². The SMILES string of the molecule is Cc1ccc(-n2ccn3c(=O)n(CC4CCCCC4)nc3c2=O)cc1C. The molecule has 6 nitrogen and oxygen atoms in total. The lowest BCUT2D eigenvalue weighted by Crippen LogP contribution is -2.26. The largest absolute Gasteiger partial charge is 0.350 e. The van der Waals surface area contributed by atoms with E-state index in [-0.39, 0.29) is 16.9 Å². The van der Waals surface area contributed by atoms with Crippen molar-refractivity contribution in [3.05, 3.63) is 62.6 Å². The van der Waals surface area contributed by atoms with Crippen molar-refractivity contribution in [3.8, 4) is 5.69 Å². The molecule has 1 fully saturated rings. The highest BCUT2D eigenvalue weighted by atomic mass is 16.2. The minimum atomic E-state index is -0.268. The Kier molecular flexibility index (Phi) is 4.26. The van der Waals surface area contributed by atoms with Crippen LogP contribution < -0.4 is 11.2 Å². The van der Waals surface area contributed by atoms with Crippen LogP contribution in [0.2, 0.25) is 0 Å². The van der Waals surface area contributed by atoms with Crippen molar-refractivity contribution in [2.75, 3.05) is 0 Å². The van der Waals surface area contributed by atoms with Crippen molar-refractivity contribution in [2.24, 2.45) is 5.92 Å². The quantitative estimate of drug-likeness (QED) is 0.728. The zero-order valence-corrected chi connectivity index (χ0v) is 15.3. The second-order valence-electron chi connectivity index (χ2n) is 7.40. The molecule has 0 amide bonds. The molecule has 1 aromatic carbocycles. The van der Waals surface area contributed by atoms with Gasteiger partial charge >= 0.3 is 11.2 Å². The maximum absolute atomic E-state index is 12.9. The van der Waals surface area contributed by atoms with Crippen molar-refractivity contribution < 1.29 is 0 Å². The van der Waals surface area contributed by atoms with E-state index in [9.17, 15) is 9.59 Å². The summed E-state index contributed by atoms with van der Waals surface area (Å²) >= 11 is 0.